The Morgan fingerprint density at radius 3 is 2.55 bits per heavy atom. The fourth-order valence-electron chi connectivity index (χ4n) is 3.23. The summed E-state index contributed by atoms with van der Waals surface area (Å²) in [6.45, 7) is 7.65. The molecule has 2 aromatic rings. The van der Waals surface area contributed by atoms with Crippen molar-refractivity contribution in [2.24, 2.45) is 0 Å². The number of para-hydroxylation sites is 1. The molecule has 29 heavy (non-hydrogen) atoms. The number of piperidine rings is 1. The maximum absolute atomic E-state index is 12.8. The largest absolute Gasteiger partial charge is 0.487 e. The van der Waals surface area contributed by atoms with Crippen molar-refractivity contribution < 1.29 is 14.3 Å². The summed E-state index contributed by atoms with van der Waals surface area (Å²) in [6, 6.07) is 7.14. The minimum atomic E-state index is -0.439. The van der Waals surface area contributed by atoms with Gasteiger partial charge in [0.1, 0.15) is 11.4 Å². The molecule has 0 atom stereocenters. The highest BCUT2D eigenvalue weighted by Gasteiger charge is 2.24. The number of H-pyrrole nitrogens is 1. The molecule has 0 radical (unpaired) electrons. The van der Waals surface area contributed by atoms with Crippen molar-refractivity contribution in [3.63, 3.8) is 0 Å². The molecule has 1 fully saturated rings. The molecule has 2 heterocycles. The SMILES string of the molecule is CN1CCC(NC(=O)c2n[nH]cc2NC(=O)c2ccccc2OC(C)(C)C)CC1. The lowest BCUT2D eigenvalue weighted by Crippen LogP contribution is -2.43. The van der Waals surface area contributed by atoms with Crippen LogP contribution >= 0.6 is 0 Å². The van der Waals surface area contributed by atoms with Crippen LogP contribution in [0, 0.1) is 0 Å². The average Bonchev–Trinajstić information content (AvgIpc) is 3.11. The number of aromatic nitrogens is 2. The van der Waals surface area contributed by atoms with E-state index < -0.39 is 5.60 Å². The minimum absolute atomic E-state index is 0.111. The van der Waals surface area contributed by atoms with E-state index in [9.17, 15) is 9.59 Å². The van der Waals surface area contributed by atoms with Crippen LogP contribution in [0.15, 0.2) is 30.5 Å². The summed E-state index contributed by atoms with van der Waals surface area (Å²) in [6.07, 6.45) is 3.30. The van der Waals surface area contributed by atoms with Crippen LogP contribution in [0.4, 0.5) is 5.69 Å². The monoisotopic (exact) mass is 399 g/mol. The van der Waals surface area contributed by atoms with Crippen LogP contribution in [-0.4, -0.2) is 58.7 Å². The molecule has 1 saturated heterocycles. The van der Waals surface area contributed by atoms with Gasteiger partial charge in [0.15, 0.2) is 5.69 Å². The fourth-order valence-corrected chi connectivity index (χ4v) is 3.23. The number of nitrogens with zero attached hydrogens (tertiary/aromatic N) is 2. The van der Waals surface area contributed by atoms with Gasteiger partial charge in [0.25, 0.3) is 11.8 Å². The number of carbonyl (C=O) groups is 2. The first-order chi connectivity index (χ1) is 13.7. The van der Waals surface area contributed by atoms with Crippen molar-refractivity contribution in [1.29, 1.82) is 0 Å². The van der Waals surface area contributed by atoms with Crippen molar-refractivity contribution in [2.75, 3.05) is 25.5 Å². The molecule has 8 heteroatoms. The number of aromatic amines is 1. The van der Waals surface area contributed by atoms with Gasteiger partial charge >= 0.3 is 0 Å². The number of carbonyl (C=O) groups excluding carboxylic acids is 2. The molecule has 2 amide bonds. The Morgan fingerprint density at radius 1 is 1.17 bits per heavy atom. The highest BCUT2D eigenvalue weighted by atomic mass is 16.5. The minimum Gasteiger partial charge on any atom is -0.487 e. The molecule has 1 aliphatic heterocycles. The lowest BCUT2D eigenvalue weighted by molar-refractivity contribution is 0.0912. The summed E-state index contributed by atoms with van der Waals surface area (Å²) in [5.41, 5.74) is 0.466. The van der Waals surface area contributed by atoms with Crippen LogP contribution in [0.2, 0.25) is 0 Å². The molecule has 3 rings (SSSR count). The Balaban J connectivity index is 1.70. The summed E-state index contributed by atoms with van der Waals surface area (Å²) < 4.78 is 5.89. The molecule has 0 spiro atoms. The second kappa shape index (κ2) is 8.65. The van der Waals surface area contributed by atoms with Crippen molar-refractivity contribution in [1.82, 2.24) is 20.4 Å². The van der Waals surface area contributed by atoms with Gasteiger partial charge in [-0.2, -0.15) is 5.10 Å². The number of benzene rings is 1. The van der Waals surface area contributed by atoms with Crippen LogP contribution in [0.5, 0.6) is 5.75 Å². The van der Waals surface area contributed by atoms with E-state index in [1.54, 1.807) is 18.2 Å². The van der Waals surface area contributed by atoms with Gasteiger partial charge in [-0.15, -0.1) is 0 Å². The highest BCUT2D eigenvalue weighted by molar-refractivity contribution is 6.09. The molecule has 0 aliphatic carbocycles. The smallest absolute Gasteiger partial charge is 0.274 e. The third-order valence-corrected chi connectivity index (χ3v) is 4.71. The number of rotatable bonds is 5. The predicted octanol–water partition coefficient (Wildman–Crippen LogP) is 2.66. The number of nitrogens with one attached hydrogen (secondary N) is 3. The number of anilines is 1. The van der Waals surface area contributed by atoms with Crippen molar-refractivity contribution in [3.05, 3.63) is 41.7 Å². The normalized spacial score (nSPS) is 15.7. The third kappa shape index (κ3) is 5.57. The number of hydrogen-bond acceptors (Lipinski definition) is 5. The Hall–Kier alpha value is -2.87. The molecule has 0 saturated carbocycles. The summed E-state index contributed by atoms with van der Waals surface area (Å²) in [4.78, 5) is 27.8. The topological polar surface area (TPSA) is 99.4 Å². The highest BCUT2D eigenvalue weighted by Crippen LogP contribution is 2.24. The van der Waals surface area contributed by atoms with E-state index in [4.69, 9.17) is 4.74 Å². The molecule has 156 valence electrons. The van der Waals surface area contributed by atoms with Crippen molar-refractivity contribution >= 4 is 17.5 Å². The Bertz CT molecular complexity index is 863. The molecule has 1 aromatic carbocycles. The molecule has 0 bridgehead atoms. The molecule has 3 N–H and O–H groups in total. The molecule has 1 aliphatic rings. The maximum Gasteiger partial charge on any atom is 0.274 e. The number of likely N-dealkylation sites (tertiary alicyclic amines) is 1. The second-order valence-electron chi connectivity index (χ2n) is 8.36. The van der Waals surface area contributed by atoms with E-state index in [1.807, 2.05) is 26.8 Å². The van der Waals surface area contributed by atoms with Crippen LogP contribution < -0.4 is 15.4 Å². The van der Waals surface area contributed by atoms with E-state index in [1.165, 1.54) is 6.20 Å². The predicted molar refractivity (Wildman–Crippen MR) is 111 cm³/mol. The Kier molecular flexibility index (Phi) is 6.22. The molecule has 8 nitrogen and oxygen atoms in total. The summed E-state index contributed by atoms with van der Waals surface area (Å²) in [7, 11) is 2.07. The summed E-state index contributed by atoms with van der Waals surface area (Å²) >= 11 is 0. The zero-order valence-corrected chi connectivity index (χ0v) is 17.4. The van der Waals surface area contributed by atoms with E-state index in [0.29, 0.717) is 17.0 Å². The summed E-state index contributed by atoms with van der Waals surface area (Å²) in [5, 5.41) is 12.5. The lowest BCUT2D eigenvalue weighted by Gasteiger charge is -2.29. The van der Waals surface area contributed by atoms with Gasteiger partial charge in [-0.3, -0.25) is 14.7 Å². The average molecular weight is 399 g/mol. The fraction of sp³-hybridized carbons (Fsp3) is 0.476. The van der Waals surface area contributed by atoms with Crippen LogP contribution in [0.1, 0.15) is 54.5 Å². The summed E-state index contributed by atoms with van der Waals surface area (Å²) in [5.74, 6) is -0.173. The molecular weight excluding hydrogens is 370 g/mol. The van der Waals surface area contributed by atoms with Crippen LogP contribution in [0.3, 0.4) is 0 Å². The van der Waals surface area contributed by atoms with Crippen LogP contribution in [0.25, 0.3) is 0 Å². The number of ether oxygens (including phenoxy) is 1. The lowest BCUT2D eigenvalue weighted by atomic mass is 10.1. The second-order valence-corrected chi connectivity index (χ2v) is 8.36. The quantitative estimate of drug-likeness (QED) is 0.718. The Morgan fingerprint density at radius 2 is 1.86 bits per heavy atom. The molecular formula is C21H29N5O3. The Labute approximate surface area is 171 Å². The zero-order chi connectivity index (χ0) is 21.0. The van der Waals surface area contributed by atoms with Crippen LogP contribution in [-0.2, 0) is 0 Å². The first kappa shape index (κ1) is 20.9. The molecule has 1 aromatic heterocycles. The van der Waals surface area contributed by atoms with Gasteiger partial charge in [0.05, 0.1) is 11.3 Å². The van der Waals surface area contributed by atoms with Gasteiger partial charge in [-0.25, -0.2) is 0 Å². The first-order valence-corrected chi connectivity index (χ1v) is 9.85. The van der Waals surface area contributed by atoms with E-state index >= 15 is 0 Å². The standard InChI is InChI=1S/C21H29N5O3/c1-21(2,3)29-17-8-6-5-7-15(17)19(27)24-16-13-22-25-18(16)20(28)23-14-9-11-26(4)12-10-14/h5-8,13-14H,9-12H2,1-4H3,(H,22,25)(H,23,28)(H,24,27). The van der Waals surface area contributed by atoms with E-state index in [2.05, 4.69) is 32.8 Å². The van der Waals surface area contributed by atoms with E-state index in [0.717, 1.165) is 25.9 Å². The van der Waals surface area contributed by atoms with Gasteiger partial charge in [0, 0.05) is 12.2 Å². The van der Waals surface area contributed by atoms with Gasteiger partial charge in [-0.05, 0) is 65.9 Å². The van der Waals surface area contributed by atoms with Crippen molar-refractivity contribution in [3.8, 4) is 5.75 Å². The zero-order valence-electron chi connectivity index (χ0n) is 17.4. The van der Waals surface area contributed by atoms with Gasteiger partial charge < -0.3 is 20.3 Å². The van der Waals surface area contributed by atoms with E-state index in [-0.39, 0.29) is 23.6 Å². The number of hydrogen-bond donors (Lipinski definition) is 3. The van der Waals surface area contributed by atoms with Crippen molar-refractivity contribution in [2.45, 2.75) is 45.3 Å². The third-order valence-electron chi connectivity index (χ3n) is 4.71. The molecule has 0 unspecified atom stereocenters. The number of amides is 2. The van der Waals surface area contributed by atoms with Gasteiger partial charge in [-0.1, -0.05) is 12.1 Å². The maximum atomic E-state index is 12.8. The first-order valence-electron chi connectivity index (χ1n) is 9.85. The van der Waals surface area contributed by atoms with Gasteiger partial charge in [0.2, 0.25) is 0 Å².